The Kier molecular flexibility index (Phi) is 3.72. The Morgan fingerprint density at radius 1 is 1.16 bits per heavy atom. The summed E-state index contributed by atoms with van der Waals surface area (Å²) in [7, 11) is 0. The minimum atomic E-state index is 0.290. The zero-order valence-electron chi connectivity index (χ0n) is 11.1. The Morgan fingerprint density at radius 2 is 1.95 bits per heavy atom. The van der Waals surface area contributed by atoms with Gasteiger partial charge in [0.1, 0.15) is 0 Å². The molecule has 19 heavy (non-hydrogen) atoms. The normalized spacial score (nSPS) is 19.3. The van der Waals surface area contributed by atoms with Gasteiger partial charge in [-0.2, -0.15) is 0 Å². The largest absolute Gasteiger partial charge is 0.489 e. The first-order valence-electron chi connectivity index (χ1n) is 7.01. The maximum atomic E-state index is 5.97. The highest BCUT2D eigenvalue weighted by molar-refractivity contribution is 9.10. The van der Waals surface area contributed by atoms with Crippen LogP contribution in [0.15, 0.2) is 16.6 Å². The van der Waals surface area contributed by atoms with Gasteiger partial charge in [0.15, 0.2) is 11.5 Å². The van der Waals surface area contributed by atoms with Crippen LogP contribution >= 0.6 is 15.9 Å². The van der Waals surface area contributed by atoms with Gasteiger partial charge in [-0.05, 0) is 72.3 Å². The summed E-state index contributed by atoms with van der Waals surface area (Å²) in [4.78, 5) is 0. The van der Waals surface area contributed by atoms with Crippen molar-refractivity contribution in [3.63, 3.8) is 0 Å². The molecule has 1 aromatic rings. The molecule has 0 aromatic heterocycles. The molecule has 1 fully saturated rings. The summed E-state index contributed by atoms with van der Waals surface area (Å²) in [6.45, 7) is 2.33. The number of hydrogen-bond acceptors (Lipinski definition) is 3. The van der Waals surface area contributed by atoms with E-state index in [1.54, 1.807) is 0 Å². The zero-order valence-corrected chi connectivity index (χ0v) is 12.7. The maximum Gasteiger partial charge on any atom is 0.175 e. The second-order valence-electron chi connectivity index (χ2n) is 5.73. The van der Waals surface area contributed by atoms with Crippen molar-refractivity contribution in [3.05, 3.63) is 22.2 Å². The van der Waals surface area contributed by atoms with Crippen LogP contribution in [0.1, 0.15) is 31.2 Å². The van der Waals surface area contributed by atoms with Crippen molar-refractivity contribution in [1.29, 1.82) is 0 Å². The average molecular weight is 326 g/mol. The monoisotopic (exact) mass is 325 g/mol. The Bertz CT molecular complexity index is 471. The maximum absolute atomic E-state index is 5.97. The molecule has 0 saturated heterocycles. The van der Waals surface area contributed by atoms with Crippen LogP contribution in [0, 0.1) is 5.41 Å². The van der Waals surface area contributed by atoms with Gasteiger partial charge in [-0.1, -0.05) is 0 Å². The highest BCUT2D eigenvalue weighted by Gasteiger charge is 2.46. The third-order valence-corrected chi connectivity index (χ3v) is 4.59. The van der Waals surface area contributed by atoms with E-state index < -0.39 is 0 Å². The van der Waals surface area contributed by atoms with E-state index in [4.69, 9.17) is 15.2 Å². The van der Waals surface area contributed by atoms with E-state index in [-0.39, 0.29) is 5.41 Å². The minimum absolute atomic E-state index is 0.290. The Hall–Kier alpha value is -0.740. The molecule has 1 aliphatic carbocycles. The van der Waals surface area contributed by atoms with Crippen molar-refractivity contribution >= 4 is 15.9 Å². The fraction of sp³-hybridized carbons (Fsp3) is 0.600. The molecule has 0 amide bonds. The highest BCUT2D eigenvalue weighted by Crippen LogP contribution is 2.50. The van der Waals surface area contributed by atoms with Gasteiger partial charge in [0.2, 0.25) is 0 Å². The standard InChI is InChI=1S/C15H20BrNO2/c16-12-7-11(3-1-2-6-17)8-13-14(12)19-10-15(4-5-15)9-18-13/h7-8H,1-6,9-10,17H2. The first-order valence-corrected chi connectivity index (χ1v) is 7.80. The lowest BCUT2D eigenvalue weighted by molar-refractivity contribution is 0.196. The third kappa shape index (κ3) is 2.90. The van der Waals surface area contributed by atoms with Gasteiger partial charge in [0.05, 0.1) is 17.7 Å². The van der Waals surface area contributed by atoms with Gasteiger partial charge in [0.25, 0.3) is 0 Å². The average Bonchev–Trinajstić information content (AvgIpc) is 3.18. The quantitative estimate of drug-likeness (QED) is 0.864. The fourth-order valence-corrected chi connectivity index (χ4v) is 3.05. The fourth-order valence-electron chi connectivity index (χ4n) is 2.45. The van der Waals surface area contributed by atoms with Crippen LogP contribution in [0.3, 0.4) is 0 Å². The molecule has 3 rings (SSSR count). The van der Waals surface area contributed by atoms with Gasteiger partial charge < -0.3 is 15.2 Å². The molecule has 1 heterocycles. The topological polar surface area (TPSA) is 44.5 Å². The van der Waals surface area contributed by atoms with Crippen LogP contribution in [0.2, 0.25) is 0 Å². The predicted octanol–water partition coefficient (Wildman–Crippen LogP) is 3.28. The van der Waals surface area contributed by atoms with E-state index in [0.29, 0.717) is 0 Å². The van der Waals surface area contributed by atoms with E-state index in [2.05, 4.69) is 28.1 Å². The summed E-state index contributed by atoms with van der Waals surface area (Å²) < 4.78 is 12.9. The number of aryl methyl sites for hydroxylation is 1. The molecule has 1 saturated carbocycles. The molecule has 0 unspecified atom stereocenters. The smallest absolute Gasteiger partial charge is 0.175 e. The van der Waals surface area contributed by atoms with Crippen molar-refractivity contribution in [3.8, 4) is 11.5 Å². The number of ether oxygens (including phenoxy) is 2. The van der Waals surface area contributed by atoms with Crippen molar-refractivity contribution in [2.45, 2.75) is 32.1 Å². The summed E-state index contributed by atoms with van der Waals surface area (Å²) in [6, 6.07) is 4.27. The van der Waals surface area contributed by atoms with Crippen LogP contribution in [-0.4, -0.2) is 19.8 Å². The summed E-state index contributed by atoms with van der Waals surface area (Å²) in [5.41, 5.74) is 7.11. The number of halogens is 1. The number of benzene rings is 1. The number of nitrogens with two attached hydrogens (primary N) is 1. The lowest BCUT2D eigenvalue weighted by Crippen LogP contribution is -2.17. The van der Waals surface area contributed by atoms with Crippen LogP contribution in [0.25, 0.3) is 0 Å². The number of fused-ring (bicyclic) bond motifs is 1. The minimum Gasteiger partial charge on any atom is -0.489 e. The van der Waals surface area contributed by atoms with Gasteiger partial charge in [-0.15, -0.1) is 0 Å². The van der Waals surface area contributed by atoms with E-state index in [9.17, 15) is 0 Å². The SMILES string of the molecule is NCCCCc1cc(Br)c2c(c1)OCC1(CC1)CO2. The summed E-state index contributed by atoms with van der Waals surface area (Å²) >= 11 is 3.60. The number of unbranched alkanes of at least 4 members (excludes halogenated alkanes) is 1. The second-order valence-corrected chi connectivity index (χ2v) is 6.58. The summed E-state index contributed by atoms with van der Waals surface area (Å²) in [5, 5.41) is 0. The molecule has 1 spiro atoms. The Morgan fingerprint density at radius 3 is 2.68 bits per heavy atom. The lowest BCUT2D eigenvalue weighted by atomic mass is 10.1. The van der Waals surface area contributed by atoms with Crippen LogP contribution in [0.4, 0.5) is 0 Å². The van der Waals surface area contributed by atoms with Crippen molar-refractivity contribution in [2.24, 2.45) is 11.1 Å². The van der Waals surface area contributed by atoms with Crippen molar-refractivity contribution < 1.29 is 9.47 Å². The molecule has 0 radical (unpaired) electrons. The molecule has 104 valence electrons. The lowest BCUT2D eigenvalue weighted by Gasteiger charge is -2.11. The van der Waals surface area contributed by atoms with Gasteiger partial charge >= 0.3 is 0 Å². The highest BCUT2D eigenvalue weighted by atomic mass is 79.9. The molecule has 4 heteroatoms. The first kappa shape index (κ1) is 13.3. The summed E-state index contributed by atoms with van der Waals surface area (Å²) in [6.07, 6.45) is 5.67. The Balaban J connectivity index is 1.77. The second kappa shape index (κ2) is 5.33. The molecular formula is C15H20BrNO2. The molecular weight excluding hydrogens is 306 g/mol. The van der Waals surface area contributed by atoms with E-state index >= 15 is 0 Å². The van der Waals surface area contributed by atoms with E-state index in [0.717, 1.165) is 55.0 Å². The zero-order chi connectivity index (χ0) is 13.3. The van der Waals surface area contributed by atoms with Crippen LogP contribution in [-0.2, 0) is 6.42 Å². The molecule has 0 bridgehead atoms. The van der Waals surface area contributed by atoms with Gasteiger partial charge in [-0.25, -0.2) is 0 Å². The molecule has 3 nitrogen and oxygen atoms in total. The van der Waals surface area contributed by atoms with E-state index in [1.165, 1.54) is 18.4 Å². The Labute approximate surface area is 122 Å². The predicted molar refractivity (Wildman–Crippen MR) is 78.8 cm³/mol. The molecule has 1 aliphatic heterocycles. The number of rotatable bonds is 4. The van der Waals surface area contributed by atoms with Crippen LogP contribution < -0.4 is 15.2 Å². The van der Waals surface area contributed by atoms with Crippen molar-refractivity contribution in [1.82, 2.24) is 0 Å². The summed E-state index contributed by atoms with van der Waals surface area (Å²) in [5.74, 6) is 1.76. The first-order chi connectivity index (χ1) is 9.22. The molecule has 0 atom stereocenters. The third-order valence-electron chi connectivity index (χ3n) is 4.00. The molecule has 2 aliphatic rings. The van der Waals surface area contributed by atoms with Crippen molar-refractivity contribution in [2.75, 3.05) is 19.8 Å². The van der Waals surface area contributed by atoms with E-state index in [1.807, 2.05) is 0 Å². The van der Waals surface area contributed by atoms with Gasteiger partial charge in [0, 0.05) is 5.41 Å². The number of hydrogen-bond donors (Lipinski definition) is 1. The van der Waals surface area contributed by atoms with Crippen LogP contribution in [0.5, 0.6) is 11.5 Å². The molecule has 1 aromatic carbocycles. The molecule has 2 N–H and O–H groups in total. The van der Waals surface area contributed by atoms with Gasteiger partial charge in [-0.3, -0.25) is 0 Å².